The Hall–Kier alpha value is -2.33. The van der Waals surface area contributed by atoms with Crippen molar-refractivity contribution >= 4 is 35.8 Å². The van der Waals surface area contributed by atoms with Gasteiger partial charge in [-0.3, -0.25) is 9.79 Å². The number of guanidine groups is 1. The van der Waals surface area contributed by atoms with Crippen LogP contribution in [0.25, 0.3) is 0 Å². The van der Waals surface area contributed by atoms with Crippen LogP contribution in [0.1, 0.15) is 17.5 Å². The molecule has 8 heteroatoms. The number of hydrogen-bond acceptors (Lipinski definition) is 4. The van der Waals surface area contributed by atoms with Crippen molar-refractivity contribution in [2.45, 2.75) is 19.4 Å². The molecule has 0 radical (unpaired) electrons. The minimum absolute atomic E-state index is 0. The van der Waals surface area contributed by atoms with Crippen LogP contribution in [0.4, 0.5) is 0 Å². The Kier molecular flexibility index (Phi) is 12.0. The van der Waals surface area contributed by atoms with Crippen LogP contribution in [0.2, 0.25) is 0 Å². The molecule has 0 saturated carbocycles. The van der Waals surface area contributed by atoms with E-state index in [1.54, 1.807) is 14.2 Å². The zero-order valence-corrected chi connectivity index (χ0v) is 21.8. The molecule has 33 heavy (non-hydrogen) atoms. The molecule has 0 bridgehead atoms. The Morgan fingerprint density at radius 2 is 1.82 bits per heavy atom. The number of benzene rings is 2. The summed E-state index contributed by atoms with van der Waals surface area (Å²) in [7, 11) is 3.42. The molecule has 0 aromatic heterocycles. The number of halogens is 1. The van der Waals surface area contributed by atoms with Crippen molar-refractivity contribution in [2.75, 3.05) is 47.0 Å². The van der Waals surface area contributed by atoms with Gasteiger partial charge in [0.05, 0.1) is 6.61 Å². The fraction of sp³-hybridized carbons (Fsp3) is 0.440. The van der Waals surface area contributed by atoms with Gasteiger partial charge in [0.25, 0.3) is 0 Å². The molecule has 180 valence electrons. The molecule has 0 aliphatic carbocycles. The number of aliphatic imine (C=N–C) groups is 1. The smallest absolute Gasteiger partial charge is 0.223 e. The van der Waals surface area contributed by atoms with Crippen LogP contribution in [-0.4, -0.2) is 63.8 Å². The van der Waals surface area contributed by atoms with E-state index in [0.29, 0.717) is 32.1 Å². The van der Waals surface area contributed by atoms with Crippen molar-refractivity contribution in [2.24, 2.45) is 10.9 Å². The number of amides is 1. The number of nitrogens with one attached hydrogen (secondary N) is 2. The number of carbonyl (C=O) groups is 1. The number of ether oxygens (including phenoxy) is 2. The lowest BCUT2D eigenvalue weighted by molar-refractivity contribution is -0.127. The van der Waals surface area contributed by atoms with E-state index < -0.39 is 0 Å². The lowest BCUT2D eigenvalue weighted by Gasteiger charge is -2.18. The second-order valence-corrected chi connectivity index (χ2v) is 7.94. The molecule has 2 aromatic rings. The van der Waals surface area contributed by atoms with Crippen LogP contribution in [0.5, 0.6) is 5.75 Å². The fourth-order valence-electron chi connectivity index (χ4n) is 3.71. The third-order valence-corrected chi connectivity index (χ3v) is 5.53. The third-order valence-electron chi connectivity index (χ3n) is 5.53. The summed E-state index contributed by atoms with van der Waals surface area (Å²) in [6.07, 6.45) is 1.48. The van der Waals surface area contributed by atoms with Crippen molar-refractivity contribution in [3.05, 3.63) is 65.7 Å². The van der Waals surface area contributed by atoms with Crippen molar-refractivity contribution in [3.63, 3.8) is 0 Å². The second-order valence-electron chi connectivity index (χ2n) is 7.94. The van der Waals surface area contributed by atoms with Crippen molar-refractivity contribution < 1.29 is 14.3 Å². The van der Waals surface area contributed by atoms with Gasteiger partial charge in [-0.15, -0.1) is 24.0 Å². The molecule has 1 saturated heterocycles. The van der Waals surface area contributed by atoms with Crippen molar-refractivity contribution in [3.8, 4) is 5.75 Å². The minimum atomic E-state index is 0. The normalized spacial score (nSPS) is 15.8. The quantitative estimate of drug-likeness (QED) is 0.189. The highest BCUT2D eigenvalue weighted by Crippen LogP contribution is 2.17. The summed E-state index contributed by atoms with van der Waals surface area (Å²) in [4.78, 5) is 18.7. The minimum Gasteiger partial charge on any atom is -0.491 e. The highest BCUT2D eigenvalue weighted by molar-refractivity contribution is 14.0. The summed E-state index contributed by atoms with van der Waals surface area (Å²) in [5, 5.41) is 6.69. The van der Waals surface area contributed by atoms with E-state index in [2.05, 4.69) is 27.8 Å². The van der Waals surface area contributed by atoms with E-state index in [4.69, 9.17) is 9.47 Å². The number of methoxy groups -OCH3 is 1. The molecule has 1 unspecified atom stereocenters. The standard InChI is InChI=1S/C25H34N4O3.HI/c1-26-25(27-17-21-8-10-23(11-9-21)32-15-14-31-2)28-18-22-16-24(30)29(19-22)13-12-20-6-4-3-5-7-20;/h3-11,22H,12-19H2,1-2H3,(H2,26,27,28);1H. The third kappa shape index (κ3) is 9.21. The number of rotatable bonds is 11. The van der Waals surface area contributed by atoms with E-state index >= 15 is 0 Å². The molecular formula is C25H35IN4O3. The van der Waals surface area contributed by atoms with Crippen molar-refractivity contribution in [1.82, 2.24) is 15.5 Å². The molecule has 1 aliphatic heterocycles. The van der Waals surface area contributed by atoms with E-state index in [-0.39, 0.29) is 29.9 Å². The summed E-state index contributed by atoms with van der Waals surface area (Å²) in [5.74, 6) is 2.10. The van der Waals surface area contributed by atoms with Crippen LogP contribution in [0.15, 0.2) is 59.6 Å². The Labute approximate surface area is 214 Å². The summed E-state index contributed by atoms with van der Waals surface area (Å²) >= 11 is 0. The first-order chi connectivity index (χ1) is 15.7. The molecule has 1 atom stereocenters. The fourth-order valence-corrected chi connectivity index (χ4v) is 3.71. The maximum Gasteiger partial charge on any atom is 0.223 e. The van der Waals surface area contributed by atoms with Crippen molar-refractivity contribution in [1.29, 1.82) is 0 Å². The number of hydrogen-bond donors (Lipinski definition) is 2. The zero-order valence-electron chi connectivity index (χ0n) is 19.5. The van der Waals surface area contributed by atoms with Gasteiger partial charge in [0.1, 0.15) is 12.4 Å². The van der Waals surface area contributed by atoms with Gasteiger partial charge in [0.2, 0.25) is 5.91 Å². The van der Waals surface area contributed by atoms with E-state index in [1.165, 1.54) is 5.56 Å². The largest absolute Gasteiger partial charge is 0.491 e. The summed E-state index contributed by atoms with van der Waals surface area (Å²) < 4.78 is 10.6. The molecule has 1 aliphatic rings. The zero-order chi connectivity index (χ0) is 22.6. The highest BCUT2D eigenvalue weighted by atomic mass is 127. The number of carbonyl (C=O) groups excluding carboxylic acids is 1. The van der Waals surface area contributed by atoms with Crippen LogP contribution < -0.4 is 15.4 Å². The first-order valence-electron chi connectivity index (χ1n) is 11.1. The monoisotopic (exact) mass is 566 g/mol. The predicted octanol–water partition coefficient (Wildman–Crippen LogP) is 3.09. The summed E-state index contributed by atoms with van der Waals surface area (Å²) in [6, 6.07) is 18.3. The number of likely N-dealkylation sites (tertiary alicyclic amines) is 1. The van der Waals surface area contributed by atoms with Crippen LogP contribution >= 0.6 is 24.0 Å². The Morgan fingerprint density at radius 3 is 2.52 bits per heavy atom. The lowest BCUT2D eigenvalue weighted by Crippen LogP contribution is -2.40. The molecule has 2 N–H and O–H groups in total. The van der Waals surface area contributed by atoms with Gasteiger partial charge in [-0.2, -0.15) is 0 Å². The number of nitrogens with zero attached hydrogens (tertiary/aromatic N) is 2. The van der Waals surface area contributed by atoms with Gasteiger partial charge in [0, 0.05) is 52.7 Å². The summed E-state index contributed by atoms with van der Waals surface area (Å²) in [5.41, 5.74) is 2.40. The SMILES string of the molecule is CN=C(NCc1ccc(OCCOC)cc1)NCC1CC(=O)N(CCc2ccccc2)C1.I. The van der Waals surface area contributed by atoms with Gasteiger partial charge >= 0.3 is 0 Å². The summed E-state index contributed by atoms with van der Waals surface area (Å²) in [6.45, 7) is 4.06. The average molecular weight is 566 g/mol. The van der Waals surface area contributed by atoms with Gasteiger partial charge in [-0.05, 0) is 29.7 Å². The van der Waals surface area contributed by atoms with Gasteiger partial charge < -0.3 is 25.0 Å². The van der Waals surface area contributed by atoms with E-state index in [0.717, 1.165) is 43.3 Å². The molecule has 1 heterocycles. The maximum atomic E-state index is 12.4. The van der Waals surface area contributed by atoms with Crippen LogP contribution in [-0.2, 0) is 22.5 Å². The maximum absolute atomic E-state index is 12.4. The topological polar surface area (TPSA) is 75.2 Å². The molecular weight excluding hydrogens is 531 g/mol. The molecule has 2 aromatic carbocycles. The molecule has 0 spiro atoms. The van der Waals surface area contributed by atoms with Gasteiger partial charge in [-0.1, -0.05) is 42.5 Å². The lowest BCUT2D eigenvalue weighted by atomic mass is 10.1. The average Bonchev–Trinajstić information content (AvgIpc) is 3.19. The highest BCUT2D eigenvalue weighted by Gasteiger charge is 2.29. The Bertz CT molecular complexity index is 862. The van der Waals surface area contributed by atoms with Gasteiger partial charge in [0.15, 0.2) is 5.96 Å². The first kappa shape index (κ1) is 26.9. The molecule has 1 amide bonds. The molecule has 3 rings (SSSR count). The van der Waals surface area contributed by atoms with Gasteiger partial charge in [-0.25, -0.2) is 0 Å². The van der Waals surface area contributed by atoms with E-state index in [9.17, 15) is 4.79 Å². The Balaban J connectivity index is 0.00000385. The molecule has 1 fully saturated rings. The predicted molar refractivity (Wildman–Crippen MR) is 142 cm³/mol. The second kappa shape index (κ2) is 14.7. The van der Waals surface area contributed by atoms with Crippen LogP contribution in [0, 0.1) is 5.92 Å². The molecule has 7 nitrogen and oxygen atoms in total. The van der Waals surface area contributed by atoms with E-state index in [1.807, 2.05) is 47.4 Å². The van der Waals surface area contributed by atoms with Crippen LogP contribution in [0.3, 0.4) is 0 Å². The Morgan fingerprint density at radius 1 is 1.06 bits per heavy atom. The first-order valence-corrected chi connectivity index (χ1v) is 11.1.